The molecule has 2 rings (SSSR count). The number of rotatable bonds is 0. The summed E-state index contributed by atoms with van der Waals surface area (Å²) in [5.41, 5.74) is 1.07. The fourth-order valence-corrected chi connectivity index (χ4v) is 1.26. The van der Waals surface area contributed by atoms with Gasteiger partial charge in [-0.2, -0.15) is 4.98 Å². The van der Waals surface area contributed by atoms with E-state index in [1.54, 1.807) is 18.2 Å². The molecule has 11 heavy (non-hydrogen) atoms. The molecule has 0 saturated carbocycles. The number of hydrogen-bond acceptors (Lipinski definition) is 3. The number of phenols is 1. The van der Waals surface area contributed by atoms with Crippen LogP contribution in [0.2, 0.25) is 0 Å². The number of oxazole rings is 1. The normalized spacial score (nSPS) is 10.6. The summed E-state index contributed by atoms with van der Waals surface area (Å²) in [5.74, 6) is 0.136. The Kier molecular flexibility index (Phi) is 1.35. The first-order valence-corrected chi connectivity index (χ1v) is 3.81. The minimum absolute atomic E-state index is 0.136. The Morgan fingerprint density at radius 3 is 3.00 bits per heavy atom. The summed E-state index contributed by atoms with van der Waals surface area (Å²) in [7, 11) is 0. The van der Waals surface area contributed by atoms with Crippen molar-refractivity contribution in [3.05, 3.63) is 23.0 Å². The van der Waals surface area contributed by atoms with Crippen LogP contribution in [0.5, 0.6) is 5.75 Å². The van der Waals surface area contributed by atoms with Crippen molar-refractivity contribution in [2.45, 2.75) is 0 Å². The van der Waals surface area contributed by atoms with Crippen LogP contribution in [0.15, 0.2) is 27.4 Å². The number of halogens is 1. The zero-order valence-corrected chi connectivity index (χ0v) is 7.00. The van der Waals surface area contributed by atoms with Crippen LogP contribution in [0.4, 0.5) is 0 Å². The van der Waals surface area contributed by atoms with Crippen molar-refractivity contribution in [2.75, 3.05) is 0 Å². The van der Waals surface area contributed by atoms with E-state index in [-0.39, 0.29) is 5.75 Å². The monoisotopic (exact) mass is 213 g/mol. The van der Waals surface area contributed by atoms with E-state index in [9.17, 15) is 5.11 Å². The Morgan fingerprint density at radius 2 is 2.27 bits per heavy atom. The van der Waals surface area contributed by atoms with E-state index in [1.165, 1.54) is 0 Å². The van der Waals surface area contributed by atoms with E-state index in [0.717, 1.165) is 0 Å². The van der Waals surface area contributed by atoms with Crippen LogP contribution >= 0.6 is 15.9 Å². The van der Waals surface area contributed by atoms with Gasteiger partial charge in [0.05, 0.1) is 0 Å². The zero-order valence-electron chi connectivity index (χ0n) is 5.41. The number of hydrogen-bond donors (Lipinski definition) is 1. The summed E-state index contributed by atoms with van der Waals surface area (Å²) in [6.45, 7) is 0. The minimum Gasteiger partial charge on any atom is -0.506 e. The van der Waals surface area contributed by atoms with Crippen LogP contribution in [0.1, 0.15) is 0 Å². The molecule has 0 amide bonds. The van der Waals surface area contributed by atoms with Crippen molar-refractivity contribution in [2.24, 2.45) is 0 Å². The Labute approximate surface area is 70.8 Å². The molecular formula is C7H4BrNO2. The molecule has 0 spiro atoms. The number of aromatic hydroxyl groups is 1. The SMILES string of the molecule is Oc1cccc2oc(Br)nc12. The Bertz CT molecular complexity index is 396. The van der Waals surface area contributed by atoms with Crippen LogP contribution in [-0.2, 0) is 0 Å². The lowest BCUT2D eigenvalue weighted by Crippen LogP contribution is -1.68. The van der Waals surface area contributed by atoms with Gasteiger partial charge in [0, 0.05) is 15.9 Å². The highest BCUT2D eigenvalue weighted by atomic mass is 79.9. The predicted molar refractivity (Wildman–Crippen MR) is 43.4 cm³/mol. The average molecular weight is 214 g/mol. The molecule has 0 radical (unpaired) electrons. The molecule has 0 atom stereocenters. The van der Waals surface area contributed by atoms with Crippen molar-refractivity contribution in [3.8, 4) is 5.75 Å². The van der Waals surface area contributed by atoms with Crippen LogP contribution in [0, 0.1) is 0 Å². The molecule has 2 aromatic rings. The molecule has 56 valence electrons. The molecule has 0 bridgehead atoms. The molecule has 0 aliphatic heterocycles. The van der Waals surface area contributed by atoms with Crippen molar-refractivity contribution in [1.82, 2.24) is 4.98 Å². The summed E-state index contributed by atoms with van der Waals surface area (Å²) in [4.78, 5) is 4.30. The van der Waals surface area contributed by atoms with Crippen LogP contribution in [0.25, 0.3) is 11.1 Å². The summed E-state index contributed by atoms with van der Waals surface area (Å²) in [6, 6.07) is 5.01. The molecule has 1 aromatic heterocycles. The van der Waals surface area contributed by atoms with E-state index in [1.807, 2.05) is 0 Å². The van der Waals surface area contributed by atoms with Gasteiger partial charge in [-0.05, 0) is 12.1 Å². The van der Waals surface area contributed by atoms with Gasteiger partial charge in [-0.3, -0.25) is 0 Å². The molecule has 4 heteroatoms. The first-order valence-electron chi connectivity index (χ1n) is 3.01. The Balaban J connectivity index is 2.90. The highest BCUT2D eigenvalue weighted by molar-refractivity contribution is 9.10. The fraction of sp³-hybridized carbons (Fsp3) is 0. The maximum Gasteiger partial charge on any atom is 0.265 e. The van der Waals surface area contributed by atoms with Crippen LogP contribution < -0.4 is 0 Å². The number of phenolic OH excluding ortho intramolecular Hbond substituents is 1. The smallest absolute Gasteiger partial charge is 0.265 e. The lowest BCUT2D eigenvalue weighted by Gasteiger charge is -1.87. The van der Waals surface area contributed by atoms with E-state index in [2.05, 4.69) is 20.9 Å². The van der Waals surface area contributed by atoms with Gasteiger partial charge in [-0.15, -0.1) is 0 Å². The molecule has 3 nitrogen and oxygen atoms in total. The third-order valence-corrected chi connectivity index (χ3v) is 1.71. The van der Waals surface area contributed by atoms with E-state index in [0.29, 0.717) is 15.9 Å². The molecule has 1 heterocycles. The first-order chi connectivity index (χ1) is 5.27. The summed E-state index contributed by atoms with van der Waals surface area (Å²) >= 11 is 3.07. The molecule has 0 aliphatic rings. The number of benzene rings is 1. The average Bonchev–Trinajstić information content (AvgIpc) is 2.31. The van der Waals surface area contributed by atoms with Gasteiger partial charge >= 0.3 is 0 Å². The van der Waals surface area contributed by atoms with Crippen molar-refractivity contribution >= 4 is 27.0 Å². The van der Waals surface area contributed by atoms with Gasteiger partial charge in [0.15, 0.2) is 11.1 Å². The number of aromatic nitrogens is 1. The van der Waals surface area contributed by atoms with Gasteiger partial charge in [0.1, 0.15) is 5.75 Å². The minimum atomic E-state index is 0.136. The topological polar surface area (TPSA) is 46.3 Å². The second kappa shape index (κ2) is 2.23. The molecule has 0 saturated heterocycles. The number of para-hydroxylation sites is 1. The van der Waals surface area contributed by atoms with Gasteiger partial charge in [-0.25, -0.2) is 0 Å². The fourth-order valence-electron chi connectivity index (χ4n) is 0.907. The highest BCUT2D eigenvalue weighted by Gasteiger charge is 2.05. The van der Waals surface area contributed by atoms with E-state index in [4.69, 9.17) is 4.42 Å². The van der Waals surface area contributed by atoms with E-state index < -0.39 is 0 Å². The predicted octanol–water partition coefficient (Wildman–Crippen LogP) is 2.30. The quantitative estimate of drug-likeness (QED) is 0.731. The number of fused-ring (bicyclic) bond motifs is 1. The molecular weight excluding hydrogens is 210 g/mol. The van der Waals surface area contributed by atoms with E-state index >= 15 is 0 Å². The Hall–Kier alpha value is -1.03. The molecule has 1 N–H and O–H groups in total. The van der Waals surface area contributed by atoms with Crippen molar-refractivity contribution < 1.29 is 9.52 Å². The lowest BCUT2D eigenvalue weighted by atomic mass is 10.3. The second-order valence-corrected chi connectivity index (χ2v) is 2.77. The largest absolute Gasteiger partial charge is 0.506 e. The maximum atomic E-state index is 9.24. The number of nitrogens with zero attached hydrogens (tertiary/aromatic N) is 1. The zero-order chi connectivity index (χ0) is 7.84. The molecule has 0 aliphatic carbocycles. The Morgan fingerprint density at radius 1 is 1.45 bits per heavy atom. The van der Waals surface area contributed by atoms with Gasteiger partial charge in [0.2, 0.25) is 0 Å². The highest BCUT2D eigenvalue weighted by Crippen LogP contribution is 2.25. The first kappa shape index (κ1) is 6.67. The van der Waals surface area contributed by atoms with Gasteiger partial charge in [0.25, 0.3) is 4.80 Å². The molecule has 0 unspecified atom stereocenters. The van der Waals surface area contributed by atoms with Crippen LogP contribution in [-0.4, -0.2) is 10.1 Å². The lowest BCUT2D eigenvalue weighted by molar-refractivity contribution is 0.480. The standard InChI is InChI=1S/C7H4BrNO2/c8-7-9-6-4(10)2-1-3-5(6)11-7/h1-3,10H. The van der Waals surface area contributed by atoms with Crippen molar-refractivity contribution in [3.63, 3.8) is 0 Å². The van der Waals surface area contributed by atoms with Crippen molar-refractivity contribution in [1.29, 1.82) is 0 Å². The summed E-state index contributed by atoms with van der Waals surface area (Å²) in [5, 5.41) is 9.24. The third kappa shape index (κ3) is 0.991. The molecule has 1 aromatic carbocycles. The third-order valence-electron chi connectivity index (χ3n) is 1.37. The summed E-state index contributed by atoms with van der Waals surface area (Å²) < 4.78 is 5.09. The molecule has 0 fully saturated rings. The maximum absolute atomic E-state index is 9.24. The second-order valence-electron chi connectivity index (χ2n) is 2.09. The van der Waals surface area contributed by atoms with Gasteiger partial charge < -0.3 is 9.52 Å². The van der Waals surface area contributed by atoms with Crippen LogP contribution in [0.3, 0.4) is 0 Å². The van der Waals surface area contributed by atoms with Gasteiger partial charge in [-0.1, -0.05) is 6.07 Å². The summed E-state index contributed by atoms with van der Waals surface area (Å²) in [6.07, 6.45) is 0.